The van der Waals surface area contributed by atoms with Gasteiger partial charge in [-0.3, -0.25) is 9.69 Å². The Morgan fingerprint density at radius 1 is 1.17 bits per heavy atom. The molecule has 138 valence electrons. The maximum absolute atomic E-state index is 11.0. The number of piperazine rings is 1. The number of esters is 1. The third-order valence-corrected chi connectivity index (χ3v) is 4.20. The van der Waals surface area contributed by atoms with Gasteiger partial charge in [0.2, 0.25) is 0 Å². The zero-order valence-corrected chi connectivity index (χ0v) is 16.3. The molecule has 0 amide bonds. The van der Waals surface area contributed by atoms with E-state index in [1.54, 1.807) is 0 Å². The van der Waals surface area contributed by atoms with E-state index >= 15 is 0 Å². The van der Waals surface area contributed by atoms with Crippen LogP contribution < -0.4 is 10.1 Å². The van der Waals surface area contributed by atoms with Crippen molar-refractivity contribution in [2.75, 3.05) is 26.2 Å². The van der Waals surface area contributed by atoms with Crippen molar-refractivity contribution in [2.45, 2.75) is 45.6 Å². The molecule has 1 aliphatic heterocycles. The van der Waals surface area contributed by atoms with E-state index in [0.29, 0.717) is 11.8 Å². The number of unbranched alkanes of at least 4 members (excludes halogenated alkanes) is 2. The summed E-state index contributed by atoms with van der Waals surface area (Å²) in [6, 6.07) is 8.51. The average Bonchev–Trinajstić information content (AvgIpc) is 2.53. The molecule has 1 aliphatic rings. The van der Waals surface area contributed by atoms with Gasteiger partial charge in [-0.05, 0) is 24.1 Å². The van der Waals surface area contributed by atoms with Crippen LogP contribution in [0.5, 0.6) is 5.75 Å². The third kappa shape index (κ3) is 7.39. The molecule has 24 heavy (non-hydrogen) atoms. The lowest BCUT2D eigenvalue weighted by Crippen LogP contribution is -2.45. The molecule has 1 saturated heterocycles. The quantitative estimate of drug-likeness (QED) is 0.443. The summed E-state index contributed by atoms with van der Waals surface area (Å²) in [5.41, 5.74) is 1.33. The highest BCUT2D eigenvalue weighted by molar-refractivity contribution is 5.85. The number of carbonyl (C=O) groups excluding carboxylic acids is 1. The van der Waals surface area contributed by atoms with Gasteiger partial charge in [-0.2, -0.15) is 0 Å². The molecule has 1 N–H and O–H groups in total. The summed E-state index contributed by atoms with van der Waals surface area (Å²) >= 11 is 0. The smallest absolute Gasteiger partial charge is 0.308 e. The van der Waals surface area contributed by atoms with Crippen LogP contribution in [0.3, 0.4) is 0 Å². The van der Waals surface area contributed by atoms with Gasteiger partial charge in [0.1, 0.15) is 5.75 Å². The van der Waals surface area contributed by atoms with Gasteiger partial charge in [-0.1, -0.05) is 38.3 Å². The van der Waals surface area contributed by atoms with E-state index in [1.165, 1.54) is 38.2 Å². The lowest BCUT2D eigenvalue weighted by Gasteiger charge is -2.35. The average molecular weight is 377 g/mol. The molecule has 0 bridgehead atoms. The van der Waals surface area contributed by atoms with Crippen molar-refractivity contribution in [2.24, 2.45) is 0 Å². The minimum Gasteiger partial charge on any atom is -0.427 e. The largest absolute Gasteiger partial charge is 0.427 e. The number of carbonyl (C=O) groups is 1. The van der Waals surface area contributed by atoms with E-state index in [9.17, 15) is 4.79 Å². The molecule has 1 fully saturated rings. The first-order valence-electron chi connectivity index (χ1n) is 8.44. The number of nitrogens with one attached hydrogen (secondary N) is 1. The van der Waals surface area contributed by atoms with Crippen molar-refractivity contribution >= 4 is 30.8 Å². The molecule has 1 atom stereocenters. The Hall–Kier alpha value is -0.810. The molecule has 4 nitrogen and oxygen atoms in total. The monoisotopic (exact) mass is 376 g/mol. The van der Waals surface area contributed by atoms with Crippen LogP contribution >= 0.6 is 24.8 Å². The highest BCUT2D eigenvalue weighted by Gasteiger charge is 2.21. The molecule has 1 aromatic carbocycles. The van der Waals surface area contributed by atoms with Crippen LogP contribution in [0.15, 0.2) is 24.3 Å². The number of nitrogens with zero attached hydrogens (tertiary/aromatic N) is 1. The Morgan fingerprint density at radius 2 is 1.79 bits per heavy atom. The van der Waals surface area contributed by atoms with Gasteiger partial charge < -0.3 is 10.1 Å². The fourth-order valence-electron chi connectivity index (χ4n) is 3.07. The first-order chi connectivity index (χ1) is 10.7. The van der Waals surface area contributed by atoms with E-state index in [4.69, 9.17) is 4.74 Å². The SMILES string of the molecule is CCCCC[C@@H](c1ccc(OC(C)=O)cc1)N1CCNCC1.Cl.Cl. The summed E-state index contributed by atoms with van der Waals surface area (Å²) in [6.07, 6.45) is 4.99. The molecule has 0 unspecified atom stereocenters. The maximum atomic E-state index is 11.0. The van der Waals surface area contributed by atoms with Crippen LogP contribution in [0.4, 0.5) is 0 Å². The number of halogens is 2. The van der Waals surface area contributed by atoms with Crippen molar-refractivity contribution in [3.8, 4) is 5.75 Å². The first-order valence-corrected chi connectivity index (χ1v) is 8.44. The summed E-state index contributed by atoms with van der Waals surface area (Å²) in [7, 11) is 0. The van der Waals surface area contributed by atoms with Gasteiger partial charge >= 0.3 is 5.97 Å². The molecule has 0 radical (unpaired) electrons. The van der Waals surface area contributed by atoms with E-state index in [1.807, 2.05) is 12.1 Å². The molecule has 0 aromatic heterocycles. The van der Waals surface area contributed by atoms with E-state index in [2.05, 4.69) is 29.3 Å². The Balaban J connectivity index is 0.00000264. The number of benzene rings is 1. The predicted octanol–water partition coefficient (Wildman–Crippen LogP) is 3.98. The first kappa shape index (κ1) is 23.2. The third-order valence-electron chi connectivity index (χ3n) is 4.20. The molecule has 0 aliphatic carbocycles. The molecule has 1 aromatic rings. The van der Waals surface area contributed by atoms with Crippen LogP contribution in [0.1, 0.15) is 51.1 Å². The summed E-state index contributed by atoms with van der Waals surface area (Å²) in [4.78, 5) is 13.6. The van der Waals surface area contributed by atoms with Crippen molar-refractivity contribution in [3.05, 3.63) is 29.8 Å². The fourth-order valence-corrected chi connectivity index (χ4v) is 3.07. The summed E-state index contributed by atoms with van der Waals surface area (Å²) in [6.45, 7) is 8.01. The lowest BCUT2D eigenvalue weighted by atomic mass is 9.98. The summed E-state index contributed by atoms with van der Waals surface area (Å²) < 4.78 is 5.13. The van der Waals surface area contributed by atoms with Crippen LogP contribution in [0.25, 0.3) is 0 Å². The topological polar surface area (TPSA) is 41.6 Å². The van der Waals surface area contributed by atoms with Crippen LogP contribution in [0.2, 0.25) is 0 Å². The van der Waals surface area contributed by atoms with Crippen molar-refractivity contribution in [3.63, 3.8) is 0 Å². The Bertz CT molecular complexity index is 463. The van der Waals surface area contributed by atoms with Crippen molar-refractivity contribution in [1.82, 2.24) is 10.2 Å². The number of rotatable bonds is 7. The second kappa shape index (κ2) is 12.5. The Labute approximate surface area is 158 Å². The molecule has 0 spiro atoms. The standard InChI is InChI=1S/C18H28N2O2.2ClH/c1-3-4-5-6-18(20-13-11-19-12-14-20)16-7-9-17(10-8-16)22-15(2)21;;/h7-10,18-19H,3-6,11-14H2,1-2H3;2*1H/t18-;;/m0../s1. The Morgan fingerprint density at radius 3 is 2.33 bits per heavy atom. The van der Waals surface area contributed by atoms with Crippen molar-refractivity contribution < 1.29 is 9.53 Å². The fraction of sp³-hybridized carbons (Fsp3) is 0.611. The molecule has 2 rings (SSSR count). The van der Waals surface area contributed by atoms with Gasteiger partial charge in [0.05, 0.1) is 0 Å². The van der Waals surface area contributed by atoms with Gasteiger partial charge in [-0.15, -0.1) is 24.8 Å². The van der Waals surface area contributed by atoms with Gasteiger partial charge in [-0.25, -0.2) is 0 Å². The molecule has 6 heteroatoms. The minimum absolute atomic E-state index is 0. The predicted molar refractivity (Wildman–Crippen MR) is 104 cm³/mol. The van der Waals surface area contributed by atoms with E-state index in [0.717, 1.165) is 26.2 Å². The second-order valence-electron chi connectivity index (χ2n) is 5.96. The highest BCUT2D eigenvalue weighted by Crippen LogP contribution is 2.28. The number of hydrogen-bond acceptors (Lipinski definition) is 4. The molecule has 1 heterocycles. The number of hydrogen-bond donors (Lipinski definition) is 1. The normalized spacial score (nSPS) is 15.8. The molecule has 0 saturated carbocycles. The Kier molecular flexibility index (Phi) is 12.1. The van der Waals surface area contributed by atoms with Gasteiger partial charge in [0.15, 0.2) is 0 Å². The lowest BCUT2D eigenvalue weighted by molar-refractivity contribution is -0.131. The van der Waals surface area contributed by atoms with E-state index < -0.39 is 0 Å². The second-order valence-corrected chi connectivity index (χ2v) is 5.96. The zero-order chi connectivity index (χ0) is 15.8. The van der Waals surface area contributed by atoms with Gasteiger partial charge in [0, 0.05) is 39.1 Å². The zero-order valence-electron chi connectivity index (χ0n) is 14.6. The summed E-state index contributed by atoms with van der Waals surface area (Å²) in [5, 5.41) is 3.42. The van der Waals surface area contributed by atoms with Crippen LogP contribution in [0, 0.1) is 0 Å². The van der Waals surface area contributed by atoms with Crippen molar-refractivity contribution in [1.29, 1.82) is 0 Å². The molecular weight excluding hydrogens is 347 g/mol. The maximum Gasteiger partial charge on any atom is 0.308 e. The summed E-state index contributed by atoms with van der Waals surface area (Å²) in [5.74, 6) is 0.359. The van der Waals surface area contributed by atoms with Crippen LogP contribution in [-0.4, -0.2) is 37.0 Å². The van der Waals surface area contributed by atoms with Crippen LogP contribution in [-0.2, 0) is 4.79 Å². The molecular formula is C18H30Cl2N2O2. The number of ether oxygens (including phenoxy) is 1. The van der Waals surface area contributed by atoms with E-state index in [-0.39, 0.29) is 30.8 Å². The van der Waals surface area contributed by atoms with Gasteiger partial charge in [0.25, 0.3) is 0 Å². The minimum atomic E-state index is -0.269. The highest BCUT2D eigenvalue weighted by atomic mass is 35.5.